The summed E-state index contributed by atoms with van der Waals surface area (Å²) >= 11 is 0. The Balaban J connectivity index is 1.34. The van der Waals surface area contributed by atoms with Gasteiger partial charge in [-0.1, -0.05) is 55.0 Å². The van der Waals surface area contributed by atoms with E-state index in [0.717, 1.165) is 41.5 Å². The van der Waals surface area contributed by atoms with Crippen molar-refractivity contribution in [2.45, 2.75) is 44.1 Å². The maximum absolute atomic E-state index is 12.5. The van der Waals surface area contributed by atoms with Crippen molar-refractivity contribution in [1.29, 1.82) is 0 Å². The van der Waals surface area contributed by atoms with Gasteiger partial charge < -0.3 is 15.2 Å². The lowest BCUT2D eigenvalue weighted by Crippen LogP contribution is -2.47. The molecule has 0 aliphatic heterocycles. The highest BCUT2D eigenvalue weighted by Crippen LogP contribution is 2.44. The first-order chi connectivity index (χ1) is 16.0. The number of carboxylic acid groups (broad SMARTS) is 1. The zero-order valence-electron chi connectivity index (χ0n) is 18.3. The largest absolute Gasteiger partial charge is 0.481 e. The van der Waals surface area contributed by atoms with Crippen LogP contribution in [0.25, 0.3) is 11.1 Å². The summed E-state index contributed by atoms with van der Waals surface area (Å²) in [7, 11) is 0. The lowest BCUT2D eigenvalue weighted by Gasteiger charge is -2.25. The van der Waals surface area contributed by atoms with Crippen molar-refractivity contribution in [3.8, 4) is 11.1 Å². The molecule has 0 saturated heterocycles. The molecular formula is C25H28N2O6. The fourth-order valence-electron chi connectivity index (χ4n) is 4.28. The minimum Gasteiger partial charge on any atom is -0.481 e. The molecule has 0 radical (unpaired) electrons. The van der Waals surface area contributed by atoms with E-state index < -0.39 is 24.0 Å². The predicted octanol–water partition coefficient (Wildman–Crippen LogP) is 3.61. The number of carbonyl (C=O) groups is 3. The van der Waals surface area contributed by atoms with Crippen LogP contribution in [-0.4, -0.2) is 42.3 Å². The van der Waals surface area contributed by atoms with Crippen molar-refractivity contribution in [3.63, 3.8) is 0 Å². The van der Waals surface area contributed by atoms with Crippen molar-refractivity contribution < 1.29 is 29.1 Å². The molecule has 0 aromatic heterocycles. The first-order valence-electron chi connectivity index (χ1n) is 11.3. The number of hydrogen-bond donors (Lipinski definition) is 3. The molecule has 2 aliphatic rings. The topological polar surface area (TPSA) is 114 Å². The third-order valence-electron chi connectivity index (χ3n) is 6.32. The highest BCUT2D eigenvalue weighted by Gasteiger charge is 2.30. The number of amides is 2. The van der Waals surface area contributed by atoms with E-state index in [0.29, 0.717) is 12.5 Å². The lowest BCUT2D eigenvalue weighted by molar-refractivity contribution is -0.139. The zero-order valence-corrected chi connectivity index (χ0v) is 18.3. The number of hydrogen-bond acceptors (Lipinski definition) is 5. The van der Waals surface area contributed by atoms with Gasteiger partial charge in [0, 0.05) is 12.3 Å². The van der Waals surface area contributed by atoms with Crippen molar-refractivity contribution in [3.05, 3.63) is 59.7 Å². The maximum atomic E-state index is 12.5. The first-order valence-corrected chi connectivity index (χ1v) is 11.3. The molecule has 2 aliphatic carbocycles. The van der Waals surface area contributed by atoms with E-state index in [4.69, 9.17) is 14.7 Å². The van der Waals surface area contributed by atoms with Crippen molar-refractivity contribution in [2.75, 3.05) is 13.2 Å². The van der Waals surface area contributed by atoms with Crippen molar-refractivity contribution in [1.82, 2.24) is 10.8 Å². The van der Waals surface area contributed by atoms with Crippen LogP contribution in [0.3, 0.4) is 0 Å². The Labute approximate surface area is 192 Å². The van der Waals surface area contributed by atoms with Crippen LogP contribution >= 0.6 is 0 Å². The van der Waals surface area contributed by atoms with Crippen LogP contribution in [0.15, 0.2) is 48.5 Å². The highest BCUT2D eigenvalue weighted by atomic mass is 16.7. The van der Waals surface area contributed by atoms with Gasteiger partial charge in [0.2, 0.25) is 0 Å². The van der Waals surface area contributed by atoms with E-state index in [2.05, 4.69) is 10.8 Å². The number of nitrogens with one attached hydrogen (secondary N) is 2. The van der Waals surface area contributed by atoms with Crippen LogP contribution in [0.2, 0.25) is 0 Å². The van der Waals surface area contributed by atoms with E-state index in [-0.39, 0.29) is 25.4 Å². The summed E-state index contributed by atoms with van der Waals surface area (Å²) < 4.78 is 5.48. The summed E-state index contributed by atoms with van der Waals surface area (Å²) in [5, 5.41) is 11.5. The van der Waals surface area contributed by atoms with Gasteiger partial charge in [-0.2, -0.15) is 0 Å². The molecule has 2 amide bonds. The molecule has 1 saturated carbocycles. The van der Waals surface area contributed by atoms with Crippen LogP contribution in [0, 0.1) is 5.92 Å². The van der Waals surface area contributed by atoms with E-state index in [1.807, 2.05) is 48.5 Å². The summed E-state index contributed by atoms with van der Waals surface area (Å²) in [5.41, 5.74) is 6.72. The Kier molecular flexibility index (Phi) is 7.24. The van der Waals surface area contributed by atoms with Gasteiger partial charge in [0.1, 0.15) is 12.6 Å². The van der Waals surface area contributed by atoms with Crippen LogP contribution in [0.5, 0.6) is 0 Å². The lowest BCUT2D eigenvalue weighted by atomic mass is 9.86. The summed E-state index contributed by atoms with van der Waals surface area (Å²) in [6.07, 6.45) is 2.17. The Bertz CT molecular complexity index is 974. The van der Waals surface area contributed by atoms with Gasteiger partial charge in [0.25, 0.3) is 5.91 Å². The second-order valence-electron chi connectivity index (χ2n) is 8.53. The number of carbonyl (C=O) groups excluding carboxylic acids is 2. The first kappa shape index (κ1) is 22.8. The van der Waals surface area contributed by atoms with Gasteiger partial charge in [-0.15, -0.1) is 0 Å². The van der Waals surface area contributed by atoms with Gasteiger partial charge >= 0.3 is 12.1 Å². The number of benzene rings is 2. The molecule has 1 atom stereocenters. The molecule has 3 N–H and O–H groups in total. The van der Waals surface area contributed by atoms with Crippen LogP contribution in [-0.2, 0) is 19.2 Å². The molecular weight excluding hydrogens is 424 g/mol. The Hall–Kier alpha value is -3.39. The fraction of sp³-hybridized carbons (Fsp3) is 0.400. The van der Waals surface area contributed by atoms with Gasteiger partial charge in [0.15, 0.2) is 0 Å². The normalized spacial score (nSPS) is 15.6. The number of alkyl carbamates (subject to hydrolysis) is 1. The molecule has 8 heteroatoms. The van der Waals surface area contributed by atoms with E-state index in [9.17, 15) is 14.4 Å². The Morgan fingerprint density at radius 1 is 0.970 bits per heavy atom. The van der Waals surface area contributed by atoms with E-state index >= 15 is 0 Å². The average molecular weight is 453 g/mol. The SMILES string of the molecule is O=C(O)CCC(NC(=O)OCC1c2ccccc2-c2ccccc21)C(=O)NOCC1CCC1. The molecule has 2 aromatic carbocycles. The molecule has 0 bridgehead atoms. The molecule has 0 spiro atoms. The molecule has 8 nitrogen and oxygen atoms in total. The quantitative estimate of drug-likeness (QED) is 0.475. The van der Waals surface area contributed by atoms with Crippen LogP contribution in [0.4, 0.5) is 4.79 Å². The number of hydroxylamine groups is 1. The smallest absolute Gasteiger partial charge is 0.407 e. The van der Waals surface area contributed by atoms with Crippen LogP contribution in [0.1, 0.15) is 49.1 Å². The zero-order chi connectivity index (χ0) is 23.2. The number of carboxylic acids is 1. The number of aliphatic carboxylic acids is 1. The number of rotatable bonds is 10. The highest BCUT2D eigenvalue weighted by molar-refractivity contribution is 5.85. The average Bonchev–Trinajstić information content (AvgIpc) is 3.10. The molecule has 1 fully saturated rings. The number of ether oxygens (including phenoxy) is 1. The fourth-order valence-corrected chi connectivity index (χ4v) is 4.28. The van der Waals surface area contributed by atoms with Crippen molar-refractivity contribution in [2.24, 2.45) is 5.92 Å². The Morgan fingerprint density at radius 3 is 2.18 bits per heavy atom. The summed E-state index contributed by atoms with van der Waals surface area (Å²) in [6, 6.07) is 14.9. The van der Waals surface area contributed by atoms with Crippen molar-refractivity contribution >= 4 is 18.0 Å². The summed E-state index contributed by atoms with van der Waals surface area (Å²) in [5.74, 6) is -1.33. The van der Waals surface area contributed by atoms with E-state index in [1.54, 1.807) is 0 Å². The second-order valence-corrected chi connectivity index (χ2v) is 8.53. The monoisotopic (exact) mass is 452 g/mol. The van der Waals surface area contributed by atoms with Crippen LogP contribution < -0.4 is 10.8 Å². The standard InChI is InChI=1S/C25H28N2O6/c28-23(29)13-12-22(24(30)27-33-14-16-6-5-7-16)26-25(31)32-15-21-19-10-3-1-8-17(19)18-9-2-4-11-20(18)21/h1-4,8-11,16,21-22H,5-7,12-15H2,(H,26,31)(H,27,30)(H,28,29). The third kappa shape index (κ3) is 5.51. The van der Waals surface area contributed by atoms with Gasteiger partial charge in [-0.05, 0) is 47.4 Å². The minimum absolute atomic E-state index is 0.0713. The summed E-state index contributed by atoms with van der Waals surface area (Å²) in [6.45, 7) is 0.508. The number of fused-ring (bicyclic) bond motifs is 3. The minimum atomic E-state index is -1.07. The second kappa shape index (κ2) is 10.5. The van der Waals surface area contributed by atoms with Gasteiger partial charge in [0.05, 0.1) is 6.61 Å². The molecule has 2 aromatic rings. The molecule has 174 valence electrons. The predicted molar refractivity (Wildman–Crippen MR) is 120 cm³/mol. The molecule has 1 unspecified atom stereocenters. The maximum Gasteiger partial charge on any atom is 0.407 e. The Morgan fingerprint density at radius 2 is 1.61 bits per heavy atom. The van der Waals surface area contributed by atoms with E-state index in [1.165, 1.54) is 0 Å². The molecule has 33 heavy (non-hydrogen) atoms. The summed E-state index contributed by atoms with van der Waals surface area (Å²) in [4.78, 5) is 41.2. The van der Waals surface area contributed by atoms with Gasteiger partial charge in [-0.3, -0.25) is 14.4 Å². The molecule has 0 heterocycles. The van der Waals surface area contributed by atoms with Gasteiger partial charge in [-0.25, -0.2) is 10.3 Å². The third-order valence-corrected chi connectivity index (χ3v) is 6.32. The molecule has 4 rings (SSSR count).